The summed E-state index contributed by atoms with van der Waals surface area (Å²) in [5.74, 6) is -0.196. The maximum absolute atomic E-state index is 13.5. The lowest BCUT2D eigenvalue weighted by Crippen LogP contribution is -2.55. The summed E-state index contributed by atoms with van der Waals surface area (Å²) in [5, 5.41) is 3.11. The quantitative estimate of drug-likeness (QED) is 0.630. The first kappa shape index (κ1) is 22.6. The van der Waals surface area contributed by atoms with E-state index in [1.165, 1.54) is 12.4 Å². The van der Waals surface area contributed by atoms with E-state index in [1.54, 1.807) is 23.5 Å². The highest BCUT2D eigenvalue weighted by atomic mass is 16.2. The molecule has 0 aliphatic carbocycles. The minimum absolute atomic E-state index is 0.0107. The van der Waals surface area contributed by atoms with Crippen molar-refractivity contribution >= 4 is 11.8 Å². The van der Waals surface area contributed by atoms with Gasteiger partial charge in [-0.25, -0.2) is 4.98 Å². The number of carbonyl (C=O) groups is 2. The van der Waals surface area contributed by atoms with E-state index in [4.69, 9.17) is 0 Å². The summed E-state index contributed by atoms with van der Waals surface area (Å²) in [4.78, 5) is 40.7. The third kappa shape index (κ3) is 5.25. The van der Waals surface area contributed by atoms with Crippen LogP contribution in [-0.2, 0) is 11.2 Å². The number of amides is 2. The Kier molecular flexibility index (Phi) is 6.77. The summed E-state index contributed by atoms with van der Waals surface area (Å²) in [6.07, 6.45) is 10.1. The highest BCUT2D eigenvalue weighted by Gasteiger charge is 2.44. The maximum atomic E-state index is 13.5. The number of nitrogens with zero attached hydrogens (tertiary/aromatic N) is 4. The molecule has 2 aromatic heterocycles. The first-order chi connectivity index (χ1) is 16.0. The molecule has 1 saturated heterocycles. The van der Waals surface area contributed by atoms with Crippen LogP contribution in [0.1, 0.15) is 42.7 Å². The van der Waals surface area contributed by atoms with Crippen LogP contribution in [0.2, 0.25) is 0 Å². The van der Waals surface area contributed by atoms with Crippen LogP contribution in [0.15, 0.2) is 67.4 Å². The molecule has 0 saturated carbocycles. The normalized spacial score (nSPS) is 18.2. The zero-order chi connectivity index (χ0) is 23.3. The van der Waals surface area contributed by atoms with Gasteiger partial charge in [-0.15, -0.1) is 0 Å². The molecule has 1 aromatic carbocycles. The molecule has 1 atom stereocenters. The molecule has 170 valence electrons. The SMILES string of the molecule is CC(C)NC(=O)C1(Cc2cccc(-c3ccncc3)c2)CCCN(C(=O)c2cnccn2)C1. The molecule has 1 fully saturated rings. The molecule has 1 unspecified atom stereocenters. The van der Waals surface area contributed by atoms with E-state index in [2.05, 4.69) is 38.5 Å². The molecule has 1 aliphatic rings. The predicted octanol–water partition coefficient (Wildman–Crippen LogP) is 3.53. The number of piperidine rings is 1. The molecule has 3 heterocycles. The van der Waals surface area contributed by atoms with Crippen LogP contribution < -0.4 is 5.32 Å². The van der Waals surface area contributed by atoms with Crippen LogP contribution in [0.3, 0.4) is 0 Å². The highest BCUT2D eigenvalue weighted by molar-refractivity contribution is 5.93. The Morgan fingerprint density at radius 1 is 1.06 bits per heavy atom. The van der Waals surface area contributed by atoms with E-state index in [0.29, 0.717) is 25.2 Å². The molecule has 7 nitrogen and oxygen atoms in total. The molecule has 4 rings (SSSR count). The topological polar surface area (TPSA) is 88.1 Å². The van der Waals surface area contributed by atoms with Crippen molar-refractivity contribution in [2.45, 2.75) is 39.2 Å². The standard InChI is InChI=1S/C26H29N5O2/c1-19(2)30-25(33)26(9-4-14-31(18-26)24(32)23-17-28-12-13-29-23)16-20-5-3-6-22(15-20)21-7-10-27-11-8-21/h3,5-8,10-13,15,17,19H,4,9,14,16,18H2,1-2H3,(H,30,33). The van der Waals surface area contributed by atoms with Crippen molar-refractivity contribution in [2.75, 3.05) is 13.1 Å². The van der Waals surface area contributed by atoms with Crippen molar-refractivity contribution in [3.05, 3.63) is 78.6 Å². The van der Waals surface area contributed by atoms with Crippen LogP contribution in [0.5, 0.6) is 0 Å². The summed E-state index contributed by atoms with van der Waals surface area (Å²) in [6.45, 7) is 4.87. The third-order valence-corrected chi connectivity index (χ3v) is 6.03. The first-order valence-corrected chi connectivity index (χ1v) is 11.3. The summed E-state index contributed by atoms with van der Waals surface area (Å²) < 4.78 is 0. The number of hydrogen-bond acceptors (Lipinski definition) is 5. The Morgan fingerprint density at radius 2 is 1.88 bits per heavy atom. The second-order valence-electron chi connectivity index (χ2n) is 8.94. The van der Waals surface area contributed by atoms with Crippen LogP contribution in [0, 0.1) is 5.41 Å². The van der Waals surface area contributed by atoms with Crippen molar-refractivity contribution in [1.29, 1.82) is 0 Å². The lowest BCUT2D eigenvalue weighted by molar-refractivity contribution is -0.134. The monoisotopic (exact) mass is 443 g/mol. The molecular weight excluding hydrogens is 414 g/mol. The van der Waals surface area contributed by atoms with Gasteiger partial charge in [0.05, 0.1) is 11.6 Å². The molecule has 3 aromatic rings. The fourth-order valence-electron chi connectivity index (χ4n) is 4.50. The van der Waals surface area contributed by atoms with Crippen LogP contribution in [0.4, 0.5) is 0 Å². The summed E-state index contributed by atoms with van der Waals surface area (Å²) in [6, 6.07) is 12.2. The average molecular weight is 444 g/mol. The van der Waals surface area contributed by atoms with Crippen molar-refractivity contribution in [3.8, 4) is 11.1 Å². The van der Waals surface area contributed by atoms with Crippen LogP contribution in [0.25, 0.3) is 11.1 Å². The molecule has 1 N–H and O–H groups in total. The van der Waals surface area contributed by atoms with Crippen molar-refractivity contribution < 1.29 is 9.59 Å². The minimum atomic E-state index is -0.711. The van der Waals surface area contributed by atoms with Crippen molar-refractivity contribution in [3.63, 3.8) is 0 Å². The van der Waals surface area contributed by atoms with Gasteiger partial charge in [0.25, 0.3) is 5.91 Å². The molecule has 0 radical (unpaired) electrons. The number of hydrogen-bond donors (Lipinski definition) is 1. The smallest absolute Gasteiger partial charge is 0.274 e. The molecule has 0 bridgehead atoms. The maximum Gasteiger partial charge on any atom is 0.274 e. The zero-order valence-corrected chi connectivity index (χ0v) is 19.1. The van der Waals surface area contributed by atoms with Gasteiger partial charge in [-0.1, -0.05) is 24.3 Å². The lowest BCUT2D eigenvalue weighted by atomic mass is 9.73. The fourth-order valence-corrected chi connectivity index (χ4v) is 4.50. The molecular formula is C26H29N5O2. The highest BCUT2D eigenvalue weighted by Crippen LogP contribution is 2.36. The van der Waals surface area contributed by atoms with E-state index in [0.717, 1.165) is 29.5 Å². The number of benzene rings is 1. The first-order valence-electron chi connectivity index (χ1n) is 11.3. The van der Waals surface area contributed by atoms with E-state index < -0.39 is 5.41 Å². The van der Waals surface area contributed by atoms with E-state index >= 15 is 0 Å². The second kappa shape index (κ2) is 9.90. The number of nitrogens with one attached hydrogen (secondary N) is 1. The predicted molar refractivity (Wildman–Crippen MR) is 126 cm³/mol. The van der Waals surface area contributed by atoms with Gasteiger partial charge in [0, 0.05) is 43.9 Å². The van der Waals surface area contributed by atoms with E-state index in [-0.39, 0.29) is 17.9 Å². The Bertz CT molecular complexity index is 1100. The number of aromatic nitrogens is 3. The van der Waals surface area contributed by atoms with Crippen molar-refractivity contribution in [1.82, 2.24) is 25.2 Å². The Balaban J connectivity index is 1.64. The van der Waals surface area contributed by atoms with Gasteiger partial charge in [-0.3, -0.25) is 19.6 Å². The number of carbonyl (C=O) groups excluding carboxylic acids is 2. The van der Waals surface area contributed by atoms with Gasteiger partial charge in [0.2, 0.25) is 5.91 Å². The summed E-state index contributed by atoms with van der Waals surface area (Å²) in [7, 11) is 0. The lowest BCUT2D eigenvalue weighted by Gasteiger charge is -2.42. The zero-order valence-electron chi connectivity index (χ0n) is 19.1. The Hall–Kier alpha value is -3.61. The van der Waals surface area contributed by atoms with Gasteiger partial charge < -0.3 is 10.2 Å². The Morgan fingerprint density at radius 3 is 2.61 bits per heavy atom. The molecule has 33 heavy (non-hydrogen) atoms. The van der Waals surface area contributed by atoms with Gasteiger partial charge >= 0.3 is 0 Å². The molecule has 2 amide bonds. The fraction of sp³-hybridized carbons (Fsp3) is 0.346. The van der Waals surface area contributed by atoms with Crippen LogP contribution in [-0.4, -0.2) is 50.8 Å². The summed E-state index contributed by atoms with van der Waals surface area (Å²) >= 11 is 0. The van der Waals surface area contributed by atoms with E-state index in [9.17, 15) is 9.59 Å². The minimum Gasteiger partial charge on any atom is -0.353 e. The van der Waals surface area contributed by atoms with Crippen molar-refractivity contribution in [2.24, 2.45) is 5.41 Å². The van der Waals surface area contributed by atoms with Gasteiger partial charge in [-0.2, -0.15) is 0 Å². The molecule has 1 aliphatic heterocycles. The van der Waals surface area contributed by atoms with Gasteiger partial charge in [0.1, 0.15) is 5.69 Å². The van der Waals surface area contributed by atoms with Crippen LogP contribution >= 0.6 is 0 Å². The molecule has 7 heteroatoms. The largest absolute Gasteiger partial charge is 0.353 e. The average Bonchev–Trinajstić information content (AvgIpc) is 2.84. The third-order valence-electron chi connectivity index (χ3n) is 6.03. The molecule has 0 spiro atoms. The van der Waals surface area contributed by atoms with Gasteiger partial charge in [0.15, 0.2) is 0 Å². The van der Waals surface area contributed by atoms with E-state index in [1.807, 2.05) is 32.0 Å². The number of pyridine rings is 1. The Labute approximate surface area is 194 Å². The number of likely N-dealkylation sites (tertiary alicyclic amines) is 1. The number of rotatable bonds is 6. The van der Waals surface area contributed by atoms with Gasteiger partial charge in [-0.05, 0) is 61.9 Å². The second-order valence-corrected chi connectivity index (χ2v) is 8.94. The summed E-state index contributed by atoms with van der Waals surface area (Å²) in [5.41, 5.74) is 2.82.